The molecule has 0 saturated heterocycles. The Morgan fingerprint density at radius 2 is 1.85 bits per heavy atom. The lowest BCUT2D eigenvalue weighted by molar-refractivity contribution is -0.120. The summed E-state index contributed by atoms with van der Waals surface area (Å²) < 4.78 is 10.4. The summed E-state index contributed by atoms with van der Waals surface area (Å²) >= 11 is 0. The lowest BCUT2D eigenvalue weighted by Crippen LogP contribution is -2.17. The van der Waals surface area contributed by atoms with E-state index in [0.717, 1.165) is 5.69 Å². The van der Waals surface area contributed by atoms with Gasteiger partial charge in [0.25, 0.3) is 5.91 Å². The van der Waals surface area contributed by atoms with Crippen molar-refractivity contribution in [3.63, 3.8) is 0 Å². The molecular weight excluding hydrogens is 332 g/mol. The molecule has 0 radical (unpaired) electrons. The summed E-state index contributed by atoms with van der Waals surface area (Å²) in [6, 6.07) is 13.1. The molecule has 1 amide bonds. The largest absolute Gasteiger partial charge is 0.497 e. The summed E-state index contributed by atoms with van der Waals surface area (Å²) in [5, 5.41) is 6.59. The first-order valence-electron chi connectivity index (χ1n) is 8.30. The van der Waals surface area contributed by atoms with Crippen LogP contribution in [0.25, 0.3) is 0 Å². The topological polar surface area (TPSA) is 69.1 Å². The van der Waals surface area contributed by atoms with E-state index < -0.39 is 0 Å². The van der Waals surface area contributed by atoms with E-state index in [9.17, 15) is 4.79 Å². The van der Waals surface area contributed by atoms with Gasteiger partial charge in [0.15, 0.2) is 6.61 Å². The highest BCUT2D eigenvalue weighted by Gasteiger charge is 2.05. The highest BCUT2D eigenvalue weighted by atomic mass is 16.6. The number of hydrogen-bond donors (Lipinski definition) is 1. The zero-order valence-corrected chi connectivity index (χ0v) is 15.5. The van der Waals surface area contributed by atoms with Gasteiger partial charge < -0.3 is 19.6 Å². The summed E-state index contributed by atoms with van der Waals surface area (Å²) in [5.74, 6) is 1.48. The maximum atomic E-state index is 11.9. The molecular formula is C20H24N2O4. The van der Waals surface area contributed by atoms with Crippen LogP contribution in [0.15, 0.2) is 47.6 Å². The third-order valence-electron chi connectivity index (χ3n) is 3.76. The number of oxime groups is 1. The van der Waals surface area contributed by atoms with Crippen molar-refractivity contribution >= 4 is 17.8 Å². The molecule has 0 bridgehead atoms. The zero-order chi connectivity index (χ0) is 18.9. The van der Waals surface area contributed by atoms with Crippen LogP contribution < -0.4 is 14.8 Å². The van der Waals surface area contributed by atoms with Gasteiger partial charge in [0, 0.05) is 11.3 Å². The van der Waals surface area contributed by atoms with E-state index in [0.29, 0.717) is 23.0 Å². The Bertz CT molecular complexity index is 755. The Balaban J connectivity index is 1.87. The fourth-order valence-corrected chi connectivity index (χ4v) is 2.28. The summed E-state index contributed by atoms with van der Waals surface area (Å²) in [6.07, 6.45) is 1.48. The van der Waals surface area contributed by atoms with E-state index in [-0.39, 0.29) is 12.5 Å². The number of nitrogens with zero attached hydrogens (tertiary/aromatic N) is 1. The fourth-order valence-electron chi connectivity index (χ4n) is 2.28. The van der Waals surface area contributed by atoms with Crippen molar-refractivity contribution in [2.24, 2.45) is 5.16 Å². The molecule has 0 saturated carbocycles. The standard InChI is InChI=1S/C20H24N2O4/c1-14(2)15-5-7-17(8-6-15)22-20(23)13-26-21-12-16-11-18(24-3)9-10-19(16)25-4/h5-12,14H,13H2,1-4H3,(H,22,23)/b21-12-. The first-order valence-corrected chi connectivity index (χ1v) is 8.30. The molecule has 0 atom stereocenters. The molecule has 6 heteroatoms. The summed E-state index contributed by atoms with van der Waals surface area (Å²) in [4.78, 5) is 17.0. The highest BCUT2D eigenvalue weighted by Crippen LogP contribution is 2.22. The van der Waals surface area contributed by atoms with E-state index in [2.05, 4.69) is 24.3 Å². The number of hydrogen-bond acceptors (Lipinski definition) is 5. The van der Waals surface area contributed by atoms with Crippen molar-refractivity contribution in [3.05, 3.63) is 53.6 Å². The number of amides is 1. The van der Waals surface area contributed by atoms with Gasteiger partial charge in [-0.25, -0.2) is 0 Å². The van der Waals surface area contributed by atoms with Crippen molar-refractivity contribution in [3.8, 4) is 11.5 Å². The van der Waals surface area contributed by atoms with Gasteiger partial charge in [0.1, 0.15) is 11.5 Å². The molecule has 138 valence electrons. The highest BCUT2D eigenvalue weighted by molar-refractivity contribution is 5.91. The molecule has 1 N–H and O–H groups in total. The van der Waals surface area contributed by atoms with Gasteiger partial charge >= 0.3 is 0 Å². The summed E-state index contributed by atoms with van der Waals surface area (Å²) in [5.41, 5.74) is 2.63. The van der Waals surface area contributed by atoms with Gasteiger partial charge in [-0.3, -0.25) is 4.79 Å². The van der Waals surface area contributed by atoms with Gasteiger partial charge in [0.05, 0.1) is 20.4 Å². The second-order valence-corrected chi connectivity index (χ2v) is 5.94. The van der Waals surface area contributed by atoms with Crippen molar-refractivity contribution < 1.29 is 19.1 Å². The normalized spacial score (nSPS) is 10.8. The van der Waals surface area contributed by atoms with E-state index in [1.54, 1.807) is 32.4 Å². The van der Waals surface area contributed by atoms with Crippen molar-refractivity contribution in [1.82, 2.24) is 0 Å². The van der Waals surface area contributed by atoms with E-state index in [1.165, 1.54) is 11.8 Å². The number of ether oxygens (including phenoxy) is 2. The molecule has 2 aromatic carbocycles. The average Bonchev–Trinajstić information content (AvgIpc) is 2.65. The summed E-state index contributed by atoms with van der Waals surface area (Å²) in [6.45, 7) is 4.06. The Hall–Kier alpha value is -3.02. The molecule has 0 aliphatic heterocycles. The number of benzene rings is 2. The maximum Gasteiger partial charge on any atom is 0.265 e. The molecule has 0 unspecified atom stereocenters. The van der Waals surface area contributed by atoms with Gasteiger partial charge in [0.2, 0.25) is 0 Å². The van der Waals surface area contributed by atoms with Gasteiger partial charge in [-0.05, 0) is 41.8 Å². The van der Waals surface area contributed by atoms with Crippen LogP contribution >= 0.6 is 0 Å². The number of carbonyl (C=O) groups is 1. The second kappa shape index (κ2) is 9.46. The quantitative estimate of drug-likeness (QED) is 0.577. The minimum atomic E-state index is -0.281. The van der Waals surface area contributed by atoms with Gasteiger partial charge in [-0.15, -0.1) is 0 Å². The Morgan fingerprint density at radius 3 is 2.46 bits per heavy atom. The lowest BCUT2D eigenvalue weighted by atomic mass is 10.0. The molecule has 2 rings (SSSR count). The predicted octanol–water partition coefficient (Wildman–Crippen LogP) is 3.82. The third-order valence-corrected chi connectivity index (χ3v) is 3.76. The Kier molecular flexibility index (Phi) is 7.02. The molecule has 2 aromatic rings. The number of methoxy groups -OCH3 is 2. The Labute approximate surface area is 153 Å². The molecule has 26 heavy (non-hydrogen) atoms. The van der Waals surface area contributed by atoms with Crippen LogP contribution in [0.5, 0.6) is 11.5 Å². The molecule has 0 spiro atoms. The number of carbonyl (C=O) groups excluding carboxylic acids is 1. The summed E-state index contributed by atoms with van der Waals surface area (Å²) in [7, 11) is 3.15. The third kappa shape index (κ3) is 5.51. The predicted molar refractivity (Wildman–Crippen MR) is 102 cm³/mol. The molecule has 0 fully saturated rings. The monoisotopic (exact) mass is 356 g/mol. The smallest absolute Gasteiger partial charge is 0.265 e. The molecule has 0 aromatic heterocycles. The minimum absolute atomic E-state index is 0.186. The molecule has 0 heterocycles. The number of anilines is 1. The van der Waals surface area contributed by atoms with Gasteiger partial charge in [-0.2, -0.15) is 0 Å². The Morgan fingerprint density at radius 1 is 1.12 bits per heavy atom. The van der Waals surface area contributed by atoms with Crippen LogP contribution in [0.1, 0.15) is 30.9 Å². The zero-order valence-electron chi connectivity index (χ0n) is 15.5. The van der Waals surface area contributed by atoms with Crippen molar-refractivity contribution in [2.45, 2.75) is 19.8 Å². The van der Waals surface area contributed by atoms with Crippen molar-refractivity contribution in [1.29, 1.82) is 0 Å². The van der Waals surface area contributed by atoms with Crippen LogP contribution in [-0.4, -0.2) is 32.9 Å². The second-order valence-electron chi connectivity index (χ2n) is 5.94. The van der Waals surface area contributed by atoms with Crippen LogP contribution in [0.2, 0.25) is 0 Å². The SMILES string of the molecule is COc1ccc(OC)c(/C=N\OCC(=O)Nc2ccc(C(C)C)cc2)c1. The first kappa shape index (κ1) is 19.3. The molecule has 0 aliphatic carbocycles. The average molecular weight is 356 g/mol. The van der Waals surface area contributed by atoms with Crippen LogP contribution in [-0.2, 0) is 9.63 Å². The fraction of sp³-hybridized carbons (Fsp3) is 0.300. The van der Waals surface area contributed by atoms with E-state index in [1.807, 2.05) is 24.3 Å². The molecule has 6 nitrogen and oxygen atoms in total. The number of nitrogens with one attached hydrogen (secondary N) is 1. The van der Waals surface area contributed by atoms with Crippen molar-refractivity contribution in [2.75, 3.05) is 26.1 Å². The lowest BCUT2D eigenvalue weighted by Gasteiger charge is -2.08. The van der Waals surface area contributed by atoms with Crippen LogP contribution in [0.4, 0.5) is 5.69 Å². The van der Waals surface area contributed by atoms with E-state index >= 15 is 0 Å². The maximum absolute atomic E-state index is 11.9. The minimum Gasteiger partial charge on any atom is -0.497 e. The first-order chi connectivity index (χ1) is 12.5. The van der Waals surface area contributed by atoms with Gasteiger partial charge in [-0.1, -0.05) is 31.1 Å². The number of rotatable bonds is 8. The van der Waals surface area contributed by atoms with E-state index in [4.69, 9.17) is 14.3 Å². The van der Waals surface area contributed by atoms with Crippen LogP contribution in [0.3, 0.4) is 0 Å². The van der Waals surface area contributed by atoms with Crippen LogP contribution in [0, 0.1) is 0 Å². The molecule has 0 aliphatic rings.